The molecule has 1 aromatic rings. The lowest BCUT2D eigenvalue weighted by Gasteiger charge is -2.35. The van der Waals surface area contributed by atoms with E-state index >= 15 is 0 Å². The van der Waals surface area contributed by atoms with Crippen molar-refractivity contribution in [1.29, 1.82) is 0 Å². The maximum Gasteiger partial charge on any atom is 0.0709 e. The van der Waals surface area contributed by atoms with Crippen molar-refractivity contribution in [1.82, 2.24) is 10.4 Å². The van der Waals surface area contributed by atoms with E-state index in [0.29, 0.717) is 5.54 Å². The largest absolute Gasteiger partial charge is 0.301 e. The monoisotopic (exact) mass is 203 g/mol. The molecule has 80 valence electrons. The van der Waals surface area contributed by atoms with Crippen LogP contribution in [0.2, 0.25) is 0 Å². The minimum Gasteiger partial charge on any atom is -0.301 e. The third-order valence-corrected chi connectivity index (χ3v) is 3.77. The quantitative estimate of drug-likeness (QED) is 0.757. The number of anilines is 1. The van der Waals surface area contributed by atoms with Crippen LogP contribution in [0.5, 0.6) is 0 Å². The molecule has 0 aromatic carbocycles. The summed E-state index contributed by atoms with van der Waals surface area (Å²) in [5.74, 6) is 0. The summed E-state index contributed by atoms with van der Waals surface area (Å²) in [6.07, 6.45) is 10.5. The van der Waals surface area contributed by atoms with Crippen LogP contribution in [0, 0.1) is 0 Å². The van der Waals surface area contributed by atoms with E-state index in [2.05, 4.69) is 21.5 Å². The summed E-state index contributed by atoms with van der Waals surface area (Å²) in [5.41, 5.74) is 5.11. The molecule has 0 radical (unpaired) electrons. The van der Waals surface area contributed by atoms with Crippen LogP contribution in [-0.4, -0.2) is 17.1 Å². The van der Waals surface area contributed by atoms with E-state index in [9.17, 15) is 0 Å². The Bertz CT molecular complexity index is 324. The Morgan fingerprint density at radius 3 is 2.87 bits per heavy atom. The van der Waals surface area contributed by atoms with Crippen LogP contribution in [0.25, 0.3) is 0 Å². The molecule has 0 atom stereocenters. The van der Waals surface area contributed by atoms with E-state index in [1.54, 1.807) is 0 Å². The Labute approximate surface area is 90.5 Å². The van der Waals surface area contributed by atoms with Gasteiger partial charge in [0.15, 0.2) is 0 Å². The van der Waals surface area contributed by atoms with E-state index in [0.717, 1.165) is 6.54 Å². The molecule has 1 spiro atoms. The van der Waals surface area contributed by atoms with Crippen molar-refractivity contribution in [2.24, 2.45) is 0 Å². The summed E-state index contributed by atoms with van der Waals surface area (Å²) in [5, 5.41) is 2.37. The van der Waals surface area contributed by atoms with Crippen molar-refractivity contribution in [3.8, 4) is 0 Å². The molecule has 0 amide bonds. The number of hydrogen-bond donors (Lipinski definition) is 1. The summed E-state index contributed by atoms with van der Waals surface area (Å²) in [7, 11) is 0. The molecular weight excluding hydrogens is 186 g/mol. The first kappa shape index (κ1) is 9.16. The van der Waals surface area contributed by atoms with Crippen LogP contribution in [0.15, 0.2) is 24.5 Å². The number of nitrogens with one attached hydrogen (secondary N) is 1. The Morgan fingerprint density at radius 1 is 1.27 bits per heavy atom. The Morgan fingerprint density at radius 2 is 2.13 bits per heavy atom. The minimum absolute atomic E-state index is 0.392. The second-order valence-electron chi connectivity index (χ2n) is 4.64. The fourth-order valence-corrected chi connectivity index (χ4v) is 3.04. The Hall–Kier alpha value is -1.09. The van der Waals surface area contributed by atoms with Gasteiger partial charge >= 0.3 is 0 Å². The SMILES string of the molecule is c1cncc(N2NCCC23CCCC3)c1. The second-order valence-corrected chi connectivity index (χ2v) is 4.64. The van der Waals surface area contributed by atoms with Gasteiger partial charge in [-0.15, -0.1) is 0 Å². The Balaban J connectivity index is 1.92. The van der Waals surface area contributed by atoms with Crippen molar-refractivity contribution in [2.75, 3.05) is 11.6 Å². The summed E-state index contributed by atoms with van der Waals surface area (Å²) >= 11 is 0. The molecule has 0 unspecified atom stereocenters. The molecule has 15 heavy (non-hydrogen) atoms. The second kappa shape index (κ2) is 3.49. The van der Waals surface area contributed by atoms with Crippen LogP contribution >= 0.6 is 0 Å². The van der Waals surface area contributed by atoms with Gasteiger partial charge in [0, 0.05) is 12.7 Å². The molecule has 1 N–H and O–H groups in total. The fraction of sp³-hybridized carbons (Fsp3) is 0.583. The summed E-state index contributed by atoms with van der Waals surface area (Å²) < 4.78 is 0. The molecule has 3 nitrogen and oxygen atoms in total. The maximum absolute atomic E-state index is 4.20. The van der Waals surface area contributed by atoms with Gasteiger partial charge in [-0.05, 0) is 31.4 Å². The number of nitrogens with zero attached hydrogens (tertiary/aromatic N) is 2. The zero-order valence-corrected chi connectivity index (χ0v) is 8.95. The lowest BCUT2D eigenvalue weighted by atomic mass is 9.94. The predicted octanol–water partition coefficient (Wildman–Crippen LogP) is 2.11. The summed E-state index contributed by atoms with van der Waals surface area (Å²) in [4.78, 5) is 4.20. The average Bonchev–Trinajstić information content (AvgIpc) is 2.91. The smallest absolute Gasteiger partial charge is 0.0709 e. The Kier molecular flexibility index (Phi) is 2.13. The van der Waals surface area contributed by atoms with E-state index < -0.39 is 0 Å². The van der Waals surface area contributed by atoms with Crippen LogP contribution in [0.4, 0.5) is 5.69 Å². The number of hydrazine groups is 1. The van der Waals surface area contributed by atoms with Crippen molar-refractivity contribution < 1.29 is 0 Å². The fourth-order valence-electron chi connectivity index (χ4n) is 3.04. The van der Waals surface area contributed by atoms with Crippen molar-refractivity contribution in [2.45, 2.75) is 37.6 Å². The highest BCUT2D eigenvalue weighted by Gasteiger charge is 2.43. The molecule has 1 saturated heterocycles. The normalized spacial score (nSPS) is 23.9. The lowest BCUT2D eigenvalue weighted by Crippen LogP contribution is -2.46. The van der Waals surface area contributed by atoms with Crippen LogP contribution in [0.3, 0.4) is 0 Å². The highest BCUT2D eigenvalue weighted by atomic mass is 15.6. The van der Waals surface area contributed by atoms with Crippen molar-refractivity contribution in [3.05, 3.63) is 24.5 Å². The average molecular weight is 203 g/mol. The van der Waals surface area contributed by atoms with Gasteiger partial charge in [0.1, 0.15) is 0 Å². The van der Waals surface area contributed by atoms with Crippen LogP contribution in [-0.2, 0) is 0 Å². The van der Waals surface area contributed by atoms with Crippen LogP contribution < -0.4 is 10.4 Å². The molecule has 0 bridgehead atoms. The summed E-state index contributed by atoms with van der Waals surface area (Å²) in [6.45, 7) is 1.11. The van der Waals surface area contributed by atoms with Gasteiger partial charge in [-0.3, -0.25) is 4.98 Å². The third-order valence-electron chi connectivity index (χ3n) is 3.77. The standard InChI is InChI=1S/C12H17N3/c1-2-6-12(5-1)7-9-14-15(12)11-4-3-8-13-10-11/h3-4,8,10,14H,1-2,5-7,9H2. The molecule has 1 aliphatic carbocycles. The molecule has 1 aliphatic heterocycles. The molecule has 1 aromatic heterocycles. The molecule has 3 heteroatoms. The first-order valence-electron chi connectivity index (χ1n) is 5.85. The van der Waals surface area contributed by atoms with Gasteiger partial charge in [-0.2, -0.15) is 0 Å². The van der Waals surface area contributed by atoms with Gasteiger partial charge in [0.25, 0.3) is 0 Å². The highest BCUT2D eigenvalue weighted by molar-refractivity contribution is 5.47. The summed E-state index contributed by atoms with van der Waals surface area (Å²) in [6, 6.07) is 4.16. The molecule has 2 aliphatic rings. The molecule has 2 heterocycles. The van der Waals surface area contributed by atoms with Crippen LogP contribution in [0.1, 0.15) is 32.1 Å². The molecule has 3 rings (SSSR count). The van der Waals surface area contributed by atoms with Gasteiger partial charge < -0.3 is 5.01 Å². The van der Waals surface area contributed by atoms with Gasteiger partial charge in [0.2, 0.25) is 0 Å². The van der Waals surface area contributed by atoms with Crippen molar-refractivity contribution >= 4 is 5.69 Å². The first-order valence-corrected chi connectivity index (χ1v) is 5.85. The predicted molar refractivity (Wildman–Crippen MR) is 60.5 cm³/mol. The van der Waals surface area contributed by atoms with Gasteiger partial charge in [0.05, 0.1) is 17.4 Å². The molecule has 1 saturated carbocycles. The molecular formula is C12H17N3. The van der Waals surface area contributed by atoms with Gasteiger partial charge in [-0.25, -0.2) is 5.43 Å². The maximum atomic E-state index is 4.20. The van der Waals surface area contributed by atoms with E-state index in [1.165, 1.54) is 37.8 Å². The van der Waals surface area contributed by atoms with E-state index in [4.69, 9.17) is 0 Å². The lowest BCUT2D eigenvalue weighted by molar-refractivity contribution is 0.430. The number of aromatic nitrogens is 1. The van der Waals surface area contributed by atoms with E-state index in [1.807, 2.05) is 18.5 Å². The zero-order valence-electron chi connectivity index (χ0n) is 8.95. The molecule has 2 fully saturated rings. The highest BCUT2D eigenvalue weighted by Crippen LogP contribution is 2.41. The first-order chi connectivity index (χ1) is 7.41. The number of rotatable bonds is 1. The zero-order chi connectivity index (χ0) is 10.1. The van der Waals surface area contributed by atoms with E-state index in [-0.39, 0.29) is 0 Å². The number of pyridine rings is 1. The third kappa shape index (κ3) is 1.42. The minimum atomic E-state index is 0.392. The number of hydrogen-bond acceptors (Lipinski definition) is 3. The van der Waals surface area contributed by atoms with Gasteiger partial charge in [-0.1, -0.05) is 12.8 Å². The van der Waals surface area contributed by atoms with Crippen molar-refractivity contribution in [3.63, 3.8) is 0 Å². The topological polar surface area (TPSA) is 28.2 Å².